The number of rotatable bonds is 3. The molecule has 1 aliphatic carbocycles. The Hall–Kier alpha value is -1.65. The molecule has 2 unspecified atom stereocenters. The van der Waals surface area contributed by atoms with Crippen molar-refractivity contribution in [1.29, 1.82) is 0 Å². The van der Waals surface area contributed by atoms with E-state index in [1.54, 1.807) is 12.1 Å². The van der Waals surface area contributed by atoms with Crippen molar-refractivity contribution in [3.05, 3.63) is 64.1 Å². The standard InChI is InChI=1S/C16H15BrN2O/c17-12-3-1-2-11(8-12)16(20)19-13-6-4-10(5-7-13)14-9-15(14)18/h1-8,14-15H,9,18H2,(H,19,20). The maximum Gasteiger partial charge on any atom is 0.255 e. The van der Waals surface area contributed by atoms with Crippen LogP contribution in [0.1, 0.15) is 28.3 Å². The van der Waals surface area contributed by atoms with Crippen molar-refractivity contribution in [3.63, 3.8) is 0 Å². The van der Waals surface area contributed by atoms with E-state index in [0.29, 0.717) is 17.5 Å². The Labute approximate surface area is 126 Å². The third kappa shape index (κ3) is 2.92. The van der Waals surface area contributed by atoms with Crippen LogP contribution in [0.5, 0.6) is 0 Å². The van der Waals surface area contributed by atoms with Gasteiger partial charge in [-0.05, 0) is 42.3 Å². The number of halogens is 1. The van der Waals surface area contributed by atoms with Crippen LogP contribution >= 0.6 is 15.9 Å². The van der Waals surface area contributed by atoms with Crippen molar-refractivity contribution < 1.29 is 4.79 Å². The molecule has 2 aromatic rings. The van der Waals surface area contributed by atoms with Crippen LogP contribution < -0.4 is 11.1 Å². The number of nitrogens with one attached hydrogen (secondary N) is 1. The summed E-state index contributed by atoms with van der Waals surface area (Å²) < 4.78 is 0.892. The zero-order valence-electron chi connectivity index (χ0n) is 10.8. The molecular formula is C16H15BrN2O. The van der Waals surface area contributed by atoms with Gasteiger partial charge in [0.15, 0.2) is 0 Å². The second kappa shape index (κ2) is 5.38. The predicted octanol–water partition coefficient (Wildman–Crippen LogP) is 3.52. The number of benzene rings is 2. The molecule has 0 aromatic heterocycles. The summed E-state index contributed by atoms with van der Waals surface area (Å²) in [5, 5.41) is 2.89. The van der Waals surface area contributed by atoms with Gasteiger partial charge in [-0.2, -0.15) is 0 Å². The highest BCUT2D eigenvalue weighted by Gasteiger charge is 2.34. The molecule has 2 aromatic carbocycles. The number of carbonyl (C=O) groups is 1. The van der Waals surface area contributed by atoms with E-state index in [0.717, 1.165) is 16.6 Å². The van der Waals surface area contributed by atoms with E-state index >= 15 is 0 Å². The number of nitrogens with two attached hydrogens (primary N) is 1. The van der Waals surface area contributed by atoms with Crippen LogP contribution in [0.4, 0.5) is 5.69 Å². The first kappa shape index (κ1) is 13.3. The molecule has 1 saturated carbocycles. The minimum absolute atomic E-state index is 0.109. The third-order valence-corrected chi connectivity index (χ3v) is 4.02. The highest BCUT2D eigenvalue weighted by molar-refractivity contribution is 9.10. The first-order chi connectivity index (χ1) is 9.63. The monoisotopic (exact) mass is 330 g/mol. The van der Waals surface area contributed by atoms with Crippen molar-refractivity contribution in [2.75, 3.05) is 5.32 Å². The molecule has 4 heteroatoms. The summed E-state index contributed by atoms with van der Waals surface area (Å²) in [6.45, 7) is 0. The predicted molar refractivity (Wildman–Crippen MR) is 83.9 cm³/mol. The molecule has 3 N–H and O–H groups in total. The van der Waals surface area contributed by atoms with Gasteiger partial charge < -0.3 is 11.1 Å². The summed E-state index contributed by atoms with van der Waals surface area (Å²) in [6, 6.07) is 15.6. The summed E-state index contributed by atoms with van der Waals surface area (Å²) in [5.74, 6) is 0.381. The van der Waals surface area contributed by atoms with Gasteiger partial charge in [0, 0.05) is 27.7 Å². The highest BCUT2D eigenvalue weighted by atomic mass is 79.9. The molecular weight excluding hydrogens is 316 g/mol. The Morgan fingerprint density at radius 2 is 1.90 bits per heavy atom. The topological polar surface area (TPSA) is 55.1 Å². The summed E-state index contributed by atoms with van der Waals surface area (Å²) >= 11 is 3.36. The lowest BCUT2D eigenvalue weighted by Crippen LogP contribution is -2.11. The second-order valence-corrected chi connectivity index (χ2v) is 6.01. The second-order valence-electron chi connectivity index (χ2n) is 5.09. The number of anilines is 1. The molecule has 2 atom stereocenters. The van der Waals surface area contributed by atoms with Crippen molar-refractivity contribution in [2.24, 2.45) is 5.73 Å². The summed E-state index contributed by atoms with van der Waals surface area (Å²) in [4.78, 5) is 12.1. The van der Waals surface area contributed by atoms with Gasteiger partial charge in [0.05, 0.1) is 0 Å². The average molecular weight is 331 g/mol. The molecule has 0 radical (unpaired) electrons. The van der Waals surface area contributed by atoms with Gasteiger partial charge in [-0.1, -0.05) is 34.1 Å². The van der Waals surface area contributed by atoms with E-state index in [4.69, 9.17) is 5.73 Å². The number of amides is 1. The maximum absolute atomic E-state index is 12.1. The van der Waals surface area contributed by atoms with E-state index < -0.39 is 0 Å². The molecule has 0 heterocycles. The average Bonchev–Trinajstić information content (AvgIpc) is 3.17. The van der Waals surface area contributed by atoms with Gasteiger partial charge in [-0.25, -0.2) is 0 Å². The van der Waals surface area contributed by atoms with Crippen LogP contribution in [-0.2, 0) is 0 Å². The molecule has 1 amide bonds. The lowest BCUT2D eigenvalue weighted by atomic mass is 10.1. The maximum atomic E-state index is 12.1. The number of hydrogen-bond donors (Lipinski definition) is 2. The van der Waals surface area contributed by atoms with Gasteiger partial charge in [0.25, 0.3) is 5.91 Å². The van der Waals surface area contributed by atoms with Crippen LogP contribution in [-0.4, -0.2) is 11.9 Å². The van der Waals surface area contributed by atoms with E-state index in [2.05, 4.69) is 21.2 Å². The Balaban J connectivity index is 1.69. The lowest BCUT2D eigenvalue weighted by Gasteiger charge is -2.07. The minimum Gasteiger partial charge on any atom is -0.327 e. The first-order valence-corrected chi connectivity index (χ1v) is 7.35. The largest absolute Gasteiger partial charge is 0.327 e. The van der Waals surface area contributed by atoms with Crippen molar-refractivity contribution in [1.82, 2.24) is 0 Å². The molecule has 0 aliphatic heterocycles. The van der Waals surface area contributed by atoms with Crippen LogP contribution in [0.3, 0.4) is 0 Å². The normalized spacial score (nSPS) is 20.5. The number of carbonyl (C=O) groups excluding carboxylic acids is 1. The Bertz CT molecular complexity index is 639. The first-order valence-electron chi connectivity index (χ1n) is 6.56. The molecule has 102 valence electrons. The van der Waals surface area contributed by atoms with Gasteiger partial charge in [0.2, 0.25) is 0 Å². The lowest BCUT2D eigenvalue weighted by molar-refractivity contribution is 0.102. The zero-order chi connectivity index (χ0) is 14.1. The fourth-order valence-electron chi connectivity index (χ4n) is 2.24. The molecule has 0 bridgehead atoms. The van der Waals surface area contributed by atoms with E-state index in [-0.39, 0.29) is 5.91 Å². The SMILES string of the molecule is NC1CC1c1ccc(NC(=O)c2cccc(Br)c2)cc1. The van der Waals surface area contributed by atoms with E-state index in [9.17, 15) is 4.79 Å². The van der Waals surface area contributed by atoms with Crippen molar-refractivity contribution in [2.45, 2.75) is 18.4 Å². The quantitative estimate of drug-likeness (QED) is 0.904. The van der Waals surface area contributed by atoms with Crippen LogP contribution in [0.2, 0.25) is 0 Å². The molecule has 0 spiro atoms. The molecule has 3 nitrogen and oxygen atoms in total. The third-order valence-electron chi connectivity index (χ3n) is 3.52. The van der Waals surface area contributed by atoms with Gasteiger partial charge in [0.1, 0.15) is 0 Å². The molecule has 20 heavy (non-hydrogen) atoms. The number of hydrogen-bond acceptors (Lipinski definition) is 2. The molecule has 3 rings (SSSR count). The van der Waals surface area contributed by atoms with Gasteiger partial charge in [-0.3, -0.25) is 4.79 Å². The molecule has 1 fully saturated rings. The fourth-order valence-corrected chi connectivity index (χ4v) is 2.64. The van der Waals surface area contributed by atoms with E-state index in [1.165, 1.54) is 5.56 Å². The molecule has 0 saturated heterocycles. The summed E-state index contributed by atoms with van der Waals surface area (Å²) in [6.07, 6.45) is 1.06. The van der Waals surface area contributed by atoms with Crippen LogP contribution in [0.25, 0.3) is 0 Å². The van der Waals surface area contributed by atoms with Crippen LogP contribution in [0.15, 0.2) is 53.0 Å². The Morgan fingerprint density at radius 1 is 1.20 bits per heavy atom. The van der Waals surface area contributed by atoms with Gasteiger partial charge in [-0.15, -0.1) is 0 Å². The Kier molecular flexibility index (Phi) is 3.59. The smallest absolute Gasteiger partial charge is 0.255 e. The van der Waals surface area contributed by atoms with E-state index in [1.807, 2.05) is 36.4 Å². The molecule has 1 aliphatic rings. The van der Waals surface area contributed by atoms with Crippen molar-refractivity contribution in [3.8, 4) is 0 Å². The van der Waals surface area contributed by atoms with Gasteiger partial charge >= 0.3 is 0 Å². The summed E-state index contributed by atoms with van der Waals surface area (Å²) in [7, 11) is 0. The Morgan fingerprint density at radius 3 is 2.50 bits per heavy atom. The van der Waals surface area contributed by atoms with Crippen molar-refractivity contribution >= 4 is 27.5 Å². The fraction of sp³-hybridized carbons (Fsp3) is 0.188. The zero-order valence-corrected chi connectivity index (χ0v) is 12.4. The minimum atomic E-state index is -0.109. The summed E-state index contributed by atoms with van der Waals surface area (Å²) in [5.41, 5.74) is 8.51. The highest BCUT2D eigenvalue weighted by Crippen LogP contribution is 2.39. The van der Waals surface area contributed by atoms with Crippen LogP contribution in [0, 0.1) is 0 Å².